The second kappa shape index (κ2) is 7.91. The molecular formula is C14H26N4O2S. The fourth-order valence-corrected chi connectivity index (χ4v) is 3.16. The van der Waals surface area contributed by atoms with E-state index in [1.165, 1.54) is 19.0 Å². The number of aryl methyl sites for hydroxylation is 1. The van der Waals surface area contributed by atoms with Gasteiger partial charge in [0.15, 0.2) is 0 Å². The number of rotatable bonds is 11. The molecule has 120 valence electrons. The summed E-state index contributed by atoms with van der Waals surface area (Å²) in [6, 6.07) is 0. The van der Waals surface area contributed by atoms with E-state index in [-0.39, 0.29) is 4.90 Å². The summed E-state index contributed by atoms with van der Waals surface area (Å²) in [5, 5.41) is 7.44. The van der Waals surface area contributed by atoms with Crippen molar-refractivity contribution in [3.05, 3.63) is 12.4 Å². The highest BCUT2D eigenvalue weighted by molar-refractivity contribution is 7.89. The van der Waals surface area contributed by atoms with Gasteiger partial charge in [-0.15, -0.1) is 0 Å². The first-order valence-electron chi connectivity index (χ1n) is 7.84. The Labute approximate surface area is 127 Å². The molecule has 6 nitrogen and oxygen atoms in total. The molecule has 2 rings (SSSR count). The van der Waals surface area contributed by atoms with Gasteiger partial charge in [-0.05, 0) is 38.3 Å². The van der Waals surface area contributed by atoms with Crippen LogP contribution < -0.4 is 10.0 Å². The van der Waals surface area contributed by atoms with Crippen LogP contribution in [-0.2, 0) is 16.6 Å². The van der Waals surface area contributed by atoms with E-state index in [1.807, 2.05) is 0 Å². The van der Waals surface area contributed by atoms with E-state index < -0.39 is 10.0 Å². The van der Waals surface area contributed by atoms with Gasteiger partial charge in [-0.3, -0.25) is 4.68 Å². The van der Waals surface area contributed by atoms with Gasteiger partial charge in [0.2, 0.25) is 10.0 Å². The van der Waals surface area contributed by atoms with Crippen LogP contribution >= 0.6 is 0 Å². The fraction of sp³-hybridized carbons (Fsp3) is 0.786. The SMILES string of the molecule is CCCNCCCn1cc(S(=O)(=O)NCCC2CC2)cn1. The van der Waals surface area contributed by atoms with Gasteiger partial charge in [0.25, 0.3) is 0 Å². The second-order valence-electron chi connectivity index (χ2n) is 5.67. The van der Waals surface area contributed by atoms with Crippen LogP contribution in [0.25, 0.3) is 0 Å². The van der Waals surface area contributed by atoms with Gasteiger partial charge in [-0.2, -0.15) is 5.10 Å². The molecule has 0 bridgehead atoms. The van der Waals surface area contributed by atoms with Crippen LogP contribution in [0.5, 0.6) is 0 Å². The molecule has 1 aromatic rings. The van der Waals surface area contributed by atoms with Gasteiger partial charge in [-0.25, -0.2) is 13.1 Å². The van der Waals surface area contributed by atoms with Crippen molar-refractivity contribution in [2.75, 3.05) is 19.6 Å². The van der Waals surface area contributed by atoms with Crippen LogP contribution in [-0.4, -0.2) is 37.8 Å². The lowest BCUT2D eigenvalue weighted by atomic mass is 10.3. The molecule has 7 heteroatoms. The molecule has 1 aliphatic rings. The Hall–Kier alpha value is -0.920. The smallest absolute Gasteiger partial charge is 0.243 e. The molecule has 0 aliphatic heterocycles. The van der Waals surface area contributed by atoms with Crippen LogP contribution in [0.3, 0.4) is 0 Å². The maximum Gasteiger partial charge on any atom is 0.243 e. The summed E-state index contributed by atoms with van der Waals surface area (Å²) in [5.41, 5.74) is 0. The minimum Gasteiger partial charge on any atom is -0.317 e. The van der Waals surface area contributed by atoms with Crippen molar-refractivity contribution in [2.24, 2.45) is 5.92 Å². The van der Waals surface area contributed by atoms with Crippen LogP contribution in [0.2, 0.25) is 0 Å². The Bertz CT molecular complexity index is 523. The monoisotopic (exact) mass is 314 g/mol. The molecule has 1 fully saturated rings. The minimum absolute atomic E-state index is 0.264. The number of hydrogen-bond acceptors (Lipinski definition) is 4. The topological polar surface area (TPSA) is 76.0 Å². The average Bonchev–Trinajstić information content (AvgIpc) is 3.14. The molecule has 21 heavy (non-hydrogen) atoms. The van der Waals surface area contributed by atoms with Crippen molar-refractivity contribution < 1.29 is 8.42 Å². The quantitative estimate of drug-likeness (QED) is 0.605. The largest absolute Gasteiger partial charge is 0.317 e. The Morgan fingerprint density at radius 2 is 2.14 bits per heavy atom. The molecule has 0 unspecified atom stereocenters. The van der Waals surface area contributed by atoms with E-state index in [0.29, 0.717) is 6.54 Å². The van der Waals surface area contributed by atoms with Crippen LogP contribution in [0.15, 0.2) is 17.3 Å². The highest BCUT2D eigenvalue weighted by atomic mass is 32.2. The molecule has 0 aromatic carbocycles. The first-order chi connectivity index (χ1) is 10.1. The third kappa shape index (κ3) is 5.76. The van der Waals surface area contributed by atoms with Gasteiger partial charge in [0.1, 0.15) is 4.90 Å². The molecular weight excluding hydrogens is 288 g/mol. The molecule has 2 N–H and O–H groups in total. The second-order valence-corrected chi connectivity index (χ2v) is 7.44. The summed E-state index contributed by atoms with van der Waals surface area (Å²) in [7, 11) is -3.40. The van der Waals surface area contributed by atoms with Crippen LogP contribution in [0.4, 0.5) is 0 Å². The molecule has 0 atom stereocenters. The highest BCUT2D eigenvalue weighted by Gasteiger charge is 2.22. The zero-order valence-corrected chi connectivity index (χ0v) is 13.5. The lowest BCUT2D eigenvalue weighted by Crippen LogP contribution is -2.24. The van der Waals surface area contributed by atoms with Gasteiger partial charge in [0, 0.05) is 19.3 Å². The van der Waals surface area contributed by atoms with Crippen molar-refractivity contribution in [1.82, 2.24) is 19.8 Å². The Balaban J connectivity index is 1.74. The van der Waals surface area contributed by atoms with Gasteiger partial charge in [0.05, 0.1) is 6.20 Å². The standard InChI is InChI=1S/C14H26N4O2S/c1-2-7-15-8-3-10-18-12-14(11-16-18)21(19,20)17-9-6-13-4-5-13/h11-13,15,17H,2-10H2,1H3. The van der Waals surface area contributed by atoms with Gasteiger partial charge < -0.3 is 5.32 Å². The van der Waals surface area contributed by atoms with E-state index in [1.54, 1.807) is 10.9 Å². The van der Waals surface area contributed by atoms with E-state index in [9.17, 15) is 8.42 Å². The number of nitrogens with zero attached hydrogens (tertiary/aromatic N) is 2. The summed E-state index contributed by atoms with van der Waals surface area (Å²) < 4.78 is 28.5. The Morgan fingerprint density at radius 1 is 1.33 bits per heavy atom. The first kappa shape index (κ1) is 16.5. The lowest BCUT2D eigenvalue weighted by molar-refractivity contribution is 0.541. The number of hydrogen-bond donors (Lipinski definition) is 2. The highest BCUT2D eigenvalue weighted by Crippen LogP contribution is 2.31. The molecule has 0 amide bonds. The maximum absolute atomic E-state index is 12.1. The lowest BCUT2D eigenvalue weighted by Gasteiger charge is -2.04. The van der Waals surface area contributed by atoms with Crippen molar-refractivity contribution in [2.45, 2.75) is 50.5 Å². The Morgan fingerprint density at radius 3 is 2.86 bits per heavy atom. The zero-order chi connectivity index (χ0) is 15.1. The van der Waals surface area contributed by atoms with E-state index >= 15 is 0 Å². The third-order valence-electron chi connectivity index (χ3n) is 3.63. The van der Waals surface area contributed by atoms with Crippen LogP contribution in [0, 0.1) is 5.92 Å². The van der Waals surface area contributed by atoms with Gasteiger partial charge >= 0.3 is 0 Å². The zero-order valence-electron chi connectivity index (χ0n) is 12.7. The van der Waals surface area contributed by atoms with E-state index in [2.05, 4.69) is 22.1 Å². The average molecular weight is 314 g/mol. The summed E-state index contributed by atoms with van der Waals surface area (Å²) >= 11 is 0. The first-order valence-corrected chi connectivity index (χ1v) is 9.33. The summed E-state index contributed by atoms with van der Waals surface area (Å²) in [6.45, 7) is 5.33. The molecule has 0 saturated heterocycles. The summed E-state index contributed by atoms with van der Waals surface area (Å²) in [6.07, 6.45) is 8.53. The molecule has 1 aromatic heterocycles. The minimum atomic E-state index is -3.40. The number of sulfonamides is 1. The molecule has 0 spiro atoms. The predicted molar refractivity (Wildman–Crippen MR) is 82.5 cm³/mol. The summed E-state index contributed by atoms with van der Waals surface area (Å²) in [5.74, 6) is 0.728. The van der Waals surface area contributed by atoms with Gasteiger partial charge in [-0.1, -0.05) is 19.8 Å². The van der Waals surface area contributed by atoms with E-state index in [4.69, 9.17) is 0 Å². The number of aromatic nitrogens is 2. The maximum atomic E-state index is 12.1. The summed E-state index contributed by atoms with van der Waals surface area (Å²) in [4.78, 5) is 0.264. The van der Waals surface area contributed by atoms with Crippen molar-refractivity contribution >= 4 is 10.0 Å². The fourth-order valence-electron chi connectivity index (χ4n) is 2.16. The normalized spacial score (nSPS) is 15.5. The van der Waals surface area contributed by atoms with Crippen LogP contribution in [0.1, 0.15) is 39.0 Å². The van der Waals surface area contributed by atoms with Crippen molar-refractivity contribution in [3.8, 4) is 0 Å². The third-order valence-corrected chi connectivity index (χ3v) is 5.04. The van der Waals surface area contributed by atoms with E-state index in [0.717, 1.165) is 44.8 Å². The molecule has 1 heterocycles. The molecule has 1 aliphatic carbocycles. The van der Waals surface area contributed by atoms with Crippen molar-refractivity contribution in [3.63, 3.8) is 0 Å². The molecule has 0 radical (unpaired) electrons. The predicted octanol–water partition coefficient (Wildman–Crippen LogP) is 1.35. The Kier molecular flexibility index (Phi) is 6.20. The molecule has 1 saturated carbocycles. The number of nitrogens with one attached hydrogen (secondary N) is 2. The van der Waals surface area contributed by atoms with Crippen molar-refractivity contribution in [1.29, 1.82) is 0 Å².